The third kappa shape index (κ3) is 3.33. The van der Waals surface area contributed by atoms with Gasteiger partial charge in [0.25, 0.3) is 0 Å². The highest BCUT2D eigenvalue weighted by Crippen LogP contribution is 2.21. The number of hydrogen-bond donors (Lipinski definition) is 0. The molecule has 0 atom stereocenters. The van der Waals surface area contributed by atoms with Gasteiger partial charge in [-0.1, -0.05) is 55.5 Å². The van der Waals surface area contributed by atoms with E-state index in [4.69, 9.17) is 9.97 Å². The lowest BCUT2D eigenvalue weighted by Gasteiger charge is -2.10. The van der Waals surface area contributed by atoms with Crippen LogP contribution in [0.15, 0.2) is 60.7 Å². The molecule has 0 saturated heterocycles. The highest BCUT2D eigenvalue weighted by atomic mass is 16.1. The number of imidazole rings is 1. The molecule has 2 aromatic carbocycles. The van der Waals surface area contributed by atoms with E-state index in [1.165, 1.54) is 0 Å². The predicted octanol–water partition coefficient (Wildman–Crippen LogP) is 4.89. The Morgan fingerprint density at radius 1 is 0.929 bits per heavy atom. The molecule has 0 fully saturated rings. The lowest BCUT2D eigenvalue weighted by Crippen LogP contribution is -2.07. The average molecular weight is 369 g/mol. The fraction of sp³-hybridized carbons (Fsp3) is 0.208. The predicted molar refractivity (Wildman–Crippen MR) is 112 cm³/mol. The largest absolute Gasteiger partial charge is 0.308 e. The zero-order valence-electron chi connectivity index (χ0n) is 16.4. The maximum atomic E-state index is 12.8. The van der Waals surface area contributed by atoms with E-state index < -0.39 is 0 Å². The van der Waals surface area contributed by atoms with Crippen molar-refractivity contribution in [2.45, 2.75) is 33.7 Å². The molecule has 28 heavy (non-hydrogen) atoms. The van der Waals surface area contributed by atoms with E-state index in [-0.39, 0.29) is 5.78 Å². The van der Waals surface area contributed by atoms with Crippen molar-refractivity contribution < 1.29 is 4.79 Å². The smallest absolute Gasteiger partial charge is 0.193 e. The highest BCUT2D eigenvalue weighted by molar-refractivity contribution is 6.09. The Kier molecular flexibility index (Phi) is 4.78. The van der Waals surface area contributed by atoms with Crippen molar-refractivity contribution >= 4 is 16.9 Å². The van der Waals surface area contributed by atoms with Crippen LogP contribution in [0.2, 0.25) is 0 Å². The summed E-state index contributed by atoms with van der Waals surface area (Å²) >= 11 is 0. The summed E-state index contributed by atoms with van der Waals surface area (Å²) in [6.45, 7) is 6.84. The molecule has 4 aromatic rings. The molecule has 0 N–H and O–H groups in total. The van der Waals surface area contributed by atoms with Crippen LogP contribution < -0.4 is 0 Å². The monoisotopic (exact) mass is 369 g/mol. The number of benzene rings is 2. The molecule has 0 aliphatic carbocycles. The third-order valence-corrected chi connectivity index (χ3v) is 4.98. The van der Waals surface area contributed by atoms with Gasteiger partial charge in [-0.2, -0.15) is 0 Å². The van der Waals surface area contributed by atoms with E-state index in [0.717, 1.165) is 40.2 Å². The minimum atomic E-state index is 0.0402. The number of fused-ring (bicyclic) bond motifs is 1. The highest BCUT2D eigenvalue weighted by Gasteiger charge is 2.15. The first-order valence-electron chi connectivity index (χ1n) is 9.59. The molecule has 0 aliphatic rings. The van der Waals surface area contributed by atoms with Crippen LogP contribution in [-0.2, 0) is 13.0 Å². The molecule has 0 spiro atoms. The normalized spacial score (nSPS) is 11.1. The molecule has 0 radical (unpaired) electrons. The maximum Gasteiger partial charge on any atom is 0.193 e. The number of hydrogen-bond acceptors (Lipinski definition) is 3. The van der Waals surface area contributed by atoms with E-state index >= 15 is 0 Å². The first kappa shape index (κ1) is 18.1. The van der Waals surface area contributed by atoms with Crippen LogP contribution in [0.3, 0.4) is 0 Å². The molecule has 0 bridgehead atoms. The molecular weight excluding hydrogens is 346 g/mol. The quantitative estimate of drug-likeness (QED) is 0.471. The van der Waals surface area contributed by atoms with Gasteiger partial charge >= 0.3 is 0 Å². The lowest BCUT2D eigenvalue weighted by atomic mass is 10.0. The van der Waals surface area contributed by atoms with Gasteiger partial charge in [-0.3, -0.25) is 4.79 Å². The zero-order chi connectivity index (χ0) is 19.7. The molecule has 2 aromatic heterocycles. The number of carbonyl (C=O) groups excluding carboxylic acids is 1. The lowest BCUT2D eigenvalue weighted by molar-refractivity contribution is 0.103. The molecule has 0 aliphatic heterocycles. The first-order valence-corrected chi connectivity index (χ1v) is 9.59. The number of ketones is 1. The molecule has 0 saturated carbocycles. The van der Waals surface area contributed by atoms with Crippen molar-refractivity contribution in [1.82, 2.24) is 14.5 Å². The van der Waals surface area contributed by atoms with Gasteiger partial charge in [0, 0.05) is 23.2 Å². The van der Waals surface area contributed by atoms with E-state index in [0.29, 0.717) is 17.7 Å². The number of pyridine rings is 1. The summed E-state index contributed by atoms with van der Waals surface area (Å²) < 4.78 is 2.17. The summed E-state index contributed by atoms with van der Waals surface area (Å²) in [4.78, 5) is 22.3. The van der Waals surface area contributed by atoms with Gasteiger partial charge in [0.1, 0.15) is 11.3 Å². The van der Waals surface area contributed by atoms with Gasteiger partial charge in [-0.25, -0.2) is 9.97 Å². The van der Waals surface area contributed by atoms with Crippen molar-refractivity contribution in [3.63, 3.8) is 0 Å². The van der Waals surface area contributed by atoms with Gasteiger partial charge in [-0.05, 0) is 37.1 Å². The minimum absolute atomic E-state index is 0.0402. The number of nitrogens with zero attached hydrogens (tertiary/aromatic N) is 3. The molecule has 4 rings (SSSR count). The second-order valence-electron chi connectivity index (χ2n) is 7.12. The summed E-state index contributed by atoms with van der Waals surface area (Å²) in [5.74, 6) is 1.05. The van der Waals surface area contributed by atoms with E-state index in [2.05, 4.69) is 30.5 Å². The zero-order valence-corrected chi connectivity index (χ0v) is 16.4. The molecule has 0 unspecified atom stereocenters. The number of rotatable bonds is 5. The maximum absolute atomic E-state index is 12.8. The average Bonchev–Trinajstić information content (AvgIpc) is 3.06. The SMILES string of the molecule is CCc1nc2c(C)cc(C)nc2n1Cc1cccc(C(=O)c2ccccc2)c1. The molecule has 0 amide bonds. The van der Waals surface area contributed by atoms with Crippen LogP contribution in [-0.4, -0.2) is 20.3 Å². The second kappa shape index (κ2) is 7.39. The van der Waals surface area contributed by atoms with Crippen molar-refractivity contribution in [1.29, 1.82) is 0 Å². The second-order valence-corrected chi connectivity index (χ2v) is 7.12. The van der Waals surface area contributed by atoms with E-state index in [1.807, 2.05) is 55.5 Å². The number of aromatic nitrogens is 3. The van der Waals surface area contributed by atoms with Crippen LogP contribution in [0.25, 0.3) is 11.2 Å². The van der Waals surface area contributed by atoms with Crippen LogP contribution in [0.4, 0.5) is 0 Å². The van der Waals surface area contributed by atoms with Crippen LogP contribution >= 0.6 is 0 Å². The molecule has 2 heterocycles. The summed E-state index contributed by atoms with van der Waals surface area (Å²) in [7, 11) is 0. The summed E-state index contributed by atoms with van der Waals surface area (Å²) in [5, 5.41) is 0. The van der Waals surface area contributed by atoms with Gasteiger partial charge in [-0.15, -0.1) is 0 Å². The van der Waals surface area contributed by atoms with Gasteiger partial charge in [0.2, 0.25) is 0 Å². The van der Waals surface area contributed by atoms with E-state index in [9.17, 15) is 4.79 Å². The van der Waals surface area contributed by atoms with Crippen molar-refractivity contribution in [2.75, 3.05) is 0 Å². The standard InChI is InChI=1S/C24H23N3O/c1-4-21-26-22-16(2)13-17(3)25-24(22)27(21)15-18-9-8-12-20(14-18)23(28)19-10-6-5-7-11-19/h5-14H,4,15H2,1-3H3. The van der Waals surface area contributed by atoms with Crippen LogP contribution in [0, 0.1) is 13.8 Å². The fourth-order valence-electron chi connectivity index (χ4n) is 3.63. The molecule has 4 heteroatoms. The third-order valence-electron chi connectivity index (χ3n) is 4.98. The molecular formula is C24H23N3O. The summed E-state index contributed by atoms with van der Waals surface area (Å²) in [6, 6.07) is 19.3. The number of aryl methyl sites for hydroxylation is 3. The fourth-order valence-corrected chi connectivity index (χ4v) is 3.63. The minimum Gasteiger partial charge on any atom is -0.308 e. The van der Waals surface area contributed by atoms with Gasteiger partial charge < -0.3 is 4.57 Å². The van der Waals surface area contributed by atoms with Gasteiger partial charge in [0.15, 0.2) is 11.4 Å². The first-order chi connectivity index (χ1) is 13.6. The van der Waals surface area contributed by atoms with Crippen LogP contribution in [0.5, 0.6) is 0 Å². The van der Waals surface area contributed by atoms with Gasteiger partial charge in [0.05, 0.1) is 6.54 Å². The van der Waals surface area contributed by atoms with E-state index in [1.54, 1.807) is 0 Å². The van der Waals surface area contributed by atoms with Crippen molar-refractivity contribution in [3.05, 3.63) is 94.4 Å². The Labute approximate surface area is 164 Å². The van der Waals surface area contributed by atoms with Crippen molar-refractivity contribution in [2.24, 2.45) is 0 Å². The van der Waals surface area contributed by atoms with Crippen molar-refractivity contribution in [3.8, 4) is 0 Å². The van der Waals surface area contributed by atoms with Crippen LogP contribution in [0.1, 0.15) is 45.5 Å². The molecule has 140 valence electrons. The topological polar surface area (TPSA) is 47.8 Å². The Morgan fingerprint density at radius 3 is 2.43 bits per heavy atom. The Hall–Kier alpha value is -3.27. The number of carbonyl (C=O) groups is 1. The Bertz CT molecular complexity index is 1160. The Morgan fingerprint density at radius 2 is 1.68 bits per heavy atom. The molecule has 4 nitrogen and oxygen atoms in total. The summed E-state index contributed by atoms with van der Waals surface area (Å²) in [5.41, 5.74) is 6.47. The Balaban J connectivity index is 1.73. The summed E-state index contributed by atoms with van der Waals surface area (Å²) in [6.07, 6.45) is 0.831.